The molecule has 0 radical (unpaired) electrons. The number of hydrogen-bond donors (Lipinski definition) is 2. The van der Waals surface area contributed by atoms with E-state index in [0.29, 0.717) is 6.42 Å². The van der Waals surface area contributed by atoms with Gasteiger partial charge < -0.3 is 10.4 Å². The normalized spacial score (nSPS) is 16.3. The van der Waals surface area contributed by atoms with E-state index in [2.05, 4.69) is 17.2 Å². The van der Waals surface area contributed by atoms with Gasteiger partial charge in [-0.25, -0.2) is 0 Å². The molecule has 3 nitrogen and oxygen atoms in total. The molecule has 1 fully saturated rings. The zero-order valence-corrected chi connectivity index (χ0v) is 11.9. The average Bonchev–Trinajstić information content (AvgIpc) is 2.89. The summed E-state index contributed by atoms with van der Waals surface area (Å²) in [5.74, 6) is 5.98. The largest absolute Gasteiger partial charge is 0.395 e. The summed E-state index contributed by atoms with van der Waals surface area (Å²) in [6, 6.07) is 7.55. The summed E-state index contributed by atoms with van der Waals surface area (Å²) in [4.78, 5) is 12.4. The Hall–Kier alpha value is -1.79. The van der Waals surface area contributed by atoms with Crippen molar-refractivity contribution >= 4 is 11.6 Å². The first-order valence-corrected chi connectivity index (χ1v) is 7.16. The number of hydrogen-bond acceptors (Lipinski definition) is 2. The molecule has 2 rings (SSSR count). The minimum atomic E-state index is -0.244. The van der Waals surface area contributed by atoms with Crippen molar-refractivity contribution in [1.82, 2.24) is 0 Å². The fourth-order valence-electron chi connectivity index (χ4n) is 2.57. The van der Waals surface area contributed by atoms with Gasteiger partial charge in [-0.05, 0) is 25.0 Å². The maximum atomic E-state index is 12.4. The van der Waals surface area contributed by atoms with Crippen molar-refractivity contribution in [3.05, 3.63) is 29.8 Å². The maximum Gasteiger partial charge on any atom is 0.230 e. The Morgan fingerprint density at radius 1 is 1.35 bits per heavy atom. The predicted octanol–water partition coefficient (Wildman–Crippen LogP) is 2.94. The topological polar surface area (TPSA) is 49.3 Å². The highest BCUT2D eigenvalue weighted by Crippen LogP contribution is 2.38. The minimum absolute atomic E-state index is 0.0552. The number of nitrogens with one attached hydrogen (secondary N) is 1. The molecule has 0 atom stereocenters. The molecule has 1 saturated carbocycles. The summed E-state index contributed by atoms with van der Waals surface area (Å²) in [6.07, 6.45) is 4.61. The van der Waals surface area contributed by atoms with Crippen molar-refractivity contribution in [1.29, 1.82) is 0 Å². The van der Waals surface area contributed by atoms with Crippen molar-refractivity contribution in [2.24, 2.45) is 5.41 Å². The molecule has 106 valence electrons. The zero-order chi connectivity index (χ0) is 14.4. The van der Waals surface area contributed by atoms with Crippen molar-refractivity contribution < 1.29 is 9.90 Å². The fraction of sp³-hybridized carbons (Fsp3) is 0.471. The second-order valence-corrected chi connectivity index (χ2v) is 5.54. The van der Waals surface area contributed by atoms with Crippen molar-refractivity contribution in [2.45, 2.75) is 39.0 Å². The number of aliphatic hydroxyl groups is 1. The smallest absolute Gasteiger partial charge is 0.230 e. The number of benzene rings is 1. The molecule has 1 aromatic carbocycles. The van der Waals surface area contributed by atoms with Crippen LogP contribution >= 0.6 is 0 Å². The van der Waals surface area contributed by atoms with Crippen LogP contribution in [0.1, 0.15) is 44.6 Å². The third-order valence-electron chi connectivity index (χ3n) is 3.89. The van der Waals surface area contributed by atoms with Crippen LogP contribution in [-0.2, 0) is 4.79 Å². The van der Waals surface area contributed by atoms with Crippen molar-refractivity contribution in [3.8, 4) is 11.8 Å². The first kappa shape index (κ1) is 14.6. The van der Waals surface area contributed by atoms with E-state index in [1.54, 1.807) is 0 Å². The molecule has 0 saturated heterocycles. The predicted molar refractivity (Wildman–Crippen MR) is 80.2 cm³/mol. The third-order valence-corrected chi connectivity index (χ3v) is 3.89. The summed E-state index contributed by atoms with van der Waals surface area (Å²) in [7, 11) is 0. The molecule has 0 heterocycles. The van der Waals surface area contributed by atoms with Crippen molar-refractivity contribution in [2.75, 3.05) is 11.9 Å². The lowest BCUT2D eigenvalue weighted by molar-refractivity contribution is -0.124. The van der Waals surface area contributed by atoms with E-state index in [9.17, 15) is 4.79 Å². The van der Waals surface area contributed by atoms with E-state index >= 15 is 0 Å². The Labute approximate surface area is 120 Å². The summed E-state index contributed by atoms with van der Waals surface area (Å²) in [5, 5.41) is 11.8. The first-order valence-electron chi connectivity index (χ1n) is 7.16. The van der Waals surface area contributed by atoms with Crippen LogP contribution < -0.4 is 5.32 Å². The van der Waals surface area contributed by atoms with Crippen LogP contribution in [0.2, 0.25) is 0 Å². The van der Waals surface area contributed by atoms with Gasteiger partial charge in [0.1, 0.15) is 0 Å². The molecule has 1 aliphatic carbocycles. The maximum absolute atomic E-state index is 12.4. The number of carbonyl (C=O) groups is 1. The first-order chi connectivity index (χ1) is 9.65. The Morgan fingerprint density at radius 2 is 2.05 bits per heavy atom. The molecule has 20 heavy (non-hydrogen) atoms. The molecular formula is C17H21NO2. The van der Waals surface area contributed by atoms with E-state index in [1.165, 1.54) is 0 Å². The molecular weight excluding hydrogens is 250 g/mol. The van der Waals surface area contributed by atoms with Gasteiger partial charge in [0.2, 0.25) is 5.91 Å². The Balaban J connectivity index is 2.13. The number of amides is 1. The summed E-state index contributed by atoms with van der Waals surface area (Å²) in [6.45, 7) is 2.09. The molecule has 2 N–H and O–H groups in total. The van der Waals surface area contributed by atoms with Crippen molar-refractivity contribution in [3.63, 3.8) is 0 Å². The number of aliphatic hydroxyl groups excluding tert-OH is 1. The van der Waals surface area contributed by atoms with Gasteiger partial charge in [-0.3, -0.25) is 4.79 Å². The van der Waals surface area contributed by atoms with Crippen LogP contribution in [0.5, 0.6) is 0 Å². The highest BCUT2D eigenvalue weighted by molar-refractivity contribution is 5.96. The van der Waals surface area contributed by atoms with Gasteiger partial charge in [0, 0.05) is 17.4 Å². The van der Waals surface area contributed by atoms with Gasteiger partial charge in [-0.2, -0.15) is 0 Å². The molecule has 1 aromatic rings. The van der Waals surface area contributed by atoms with Crippen LogP contribution in [0.15, 0.2) is 24.3 Å². The molecule has 1 aliphatic rings. The third kappa shape index (κ3) is 3.40. The highest BCUT2D eigenvalue weighted by atomic mass is 16.2. The monoisotopic (exact) mass is 271 g/mol. The lowest BCUT2D eigenvalue weighted by Crippen LogP contribution is -2.31. The van der Waals surface area contributed by atoms with Crippen LogP contribution in [0.3, 0.4) is 0 Å². The summed E-state index contributed by atoms with van der Waals surface area (Å²) < 4.78 is 0. The molecule has 0 aliphatic heterocycles. The van der Waals surface area contributed by atoms with Gasteiger partial charge in [-0.15, -0.1) is 0 Å². The number of para-hydroxylation sites is 1. The number of rotatable bonds is 3. The van der Waals surface area contributed by atoms with Crippen LogP contribution in [0, 0.1) is 17.3 Å². The van der Waals surface area contributed by atoms with E-state index in [-0.39, 0.29) is 17.9 Å². The van der Waals surface area contributed by atoms with Gasteiger partial charge in [0.05, 0.1) is 12.3 Å². The lowest BCUT2D eigenvalue weighted by atomic mass is 9.87. The summed E-state index contributed by atoms with van der Waals surface area (Å²) >= 11 is 0. The highest BCUT2D eigenvalue weighted by Gasteiger charge is 2.36. The van der Waals surface area contributed by atoms with E-state index in [0.717, 1.165) is 36.9 Å². The standard InChI is InChI=1S/C17H21NO2/c1-17(11-5-6-12-17)16(20)18-15-10-3-2-8-14(15)9-4-7-13-19/h2-3,8,10,19H,5-7,11-13H2,1H3,(H,18,20). The second kappa shape index (κ2) is 6.58. The second-order valence-electron chi connectivity index (χ2n) is 5.54. The zero-order valence-electron chi connectivity index (χ0n) is 11.9. The molecule has 3 heteroatoms. The molecule has 0 unspecified atom stereocenters. The van der Waals surface area contributed by atoms with Crippen LogP contribution in [0.4, 0.5) is 5.69 Å². The number of anilines is 1. The SMILES string of the molecule is CC1(C(=O)Nc2ccccc2C#CCCO)CCCC1. The Bertz CT molecular complexity index is 533. The quantitative estimate of drug-likeness (QED) is 0.830. The Kier molecular flexibility index (Phi) is 4.81. The average molecular weight is 271 g/mol. The van der Waals surface area contributed by atoms with Gasteiger partial charge >= 0.3 is 0 Å². The van der Waals surface area contributed by atoms with E-state index in [4.69, 9.17) is 5.11 Å². The van der Waals surface area contributed by atoms with Crippen LogP contribution in [0.25, 0.3) is 0 Å². The van der Waals surface area contributed by atoms with Gasteiger partial charge in [-0.1, -0.05) is 43.7 Å². The minimum Gasteiger partial charge on any atom is -0.395 e. The van der Waals surface area contributed by atoms with Gasteiger partial charge in [0.25, 0.3) is 0 Å². The fourth-order valence-corrected chi connectivity index (χ4v) is 2.57. The molecule has 0 spiro atoms. The summed E-state index contributed by atoms with van der Waals surface area (Å²) in [5.41, 5.74) is 1.32. The van der Waals surface area contributed by atoms with Crippen LogP contribution in [-0.4, -0.2) is 17.6 Å². The molecule has 1 amide bonds. The van der Waals surface area contributed by atoms with E-state index < -0.39 is 0 Å². The van der Waals surface area contributed by atoms with Gasteiger partial charge in [0.15, 0.2) is 0 Å². The number of carbonyl (C=O) groups excluding carboxylic acids is 1. The Morgan fingerprint density at radius 3 is 2.75 bits per heavy atom. The lowest BCUT2D eigenvalue weighted by Gasteiger charge is -2.22. The molecule has 0 aromatic heterocycles. The van der Waals surface area contributed by atoms with E-state index in [1.807, 2.05) is 31.2 Å². The molecule has 0 bridgehead atoms.